The van der Waals surface area contributed by atoms with Gasteiger partial charge in [0, 0.05) is 28.3 Å². The first-order valence-electron chi connectivity index (χ1n) is 22.0. The van der Waals surface area contributed by atoms with Crippen molar-refractivity contribution in [2.75, 3.05) is 50.1 Å². The second-order valence-electron chi connectivity index (χ2n) is 17.0. The molecule has 60 heavy (non-hydrogen) atoms. The Labute approximate surface area is 374 Å². The maximum Gasteiger partial charge on any atom is 2.00 e. The zero-order valence-corrected chi connectivity index (χ0v) is 40.3. The quantitative estimate of drug-likeness (QED) is 0.0403. The van der Waals surface area contributed by atoms with Crippen LogP contribution in [0.1, 0.15) is 102 Å². The van der Waals surface area contributed by atoms with Crippen LogP contribution in [0.2, 0.25) is 0 Å². The number of ether oxygens (including phenoxy) is 1. The molecule has 4 bridgehead atoms. The maximum atomic E-state index is 12.7. The van der Waals surface area contributed by atoms with Crippen LogP contribution in [0.5, 0.6) is 0 Å². The summed E-state index contributed by atoms with van der Waals surface area (Å²) < 4.78 is 4.59. The number of amides is 3. The van der Waals surface area contributed by atoms with Gasteiger partial charge in [-0.2, -0.15) is 0 Å². The van der Waals surface area contributed by atoms with E-state index < -0.39 is 29.9 Å². The normalized spacial score (nSPS) is 25.7. The van der Waals surface area contributed by atoms with Crippen molar-refractivity contribution < 1.29 is 55.1 Å². The Morgan fingerprint density at radius 3 is 1.62 bits per heavy atom. The number of carboxylic acids is 1. The van der Waals surface area contributed by atoms with Crippen LogP contribution >= 0.6 is 15.8 Å². The van der Waals surface area contributed by atoms with Gasteiger partial charge < -0.3 is 36.3 Å². The summed E-state index contributed by atoms with van der Waals surface area (Å²) in [4.78, 5) is 69.7. The SMILES string of the molecule is C.CCCNC(=O)[C@@H](NC(=O)[C@H]1C2C=CC(C2)[C@H]1C(=O)O)C(C)C.CCC[N-]C(=O)[C@@H]([NH-])C(C)C.CC[PH+](CC)CC[PH+](CC)CC.O=C1OC(=O)[C@H]2C3C=CC(C3)[C@@H]12.[Ni+2]. The molecular formula is C45H80N4NiO8P2+2. The average molecular weight is 926 g/mol. The van der Waals surface area contributed by atoms with E-state index in [1.807, 2.05) is 65.8 Å². The topological polar surface area (TPSA) is 194 Å². The van der Waals surface area contributed by atoms with Crippen molar-refractivity contribution in [1.29, 1.82) is 0 Å². The number of cyclic esters (lactones) is 2. The predicted octanol–water partition coefficient (Wildman–Crippen LogP) is 8.19. The van der Waals surface area contributed by atoms with Gasteiger partial charge in [-0.1, -0.05) is 91.7 Å². The molecule has 10 atom stereocenters. The number of carboxylic acid groups (broad SMARTS) is 1. The zero-order chi connectivity index (χ0) is 43.7. The van der Waals surface area contributed by atoms with Crippen LogP contribution in [0.25, 0.3) is 11.1 Å². The minimum Gasteiger partial charge on any atom is -0.670 e. The van der Waals surface area contributed by atoms with Gasteiger partial charge >= 0.3 is 34.4 Å². The van der Waals surface area contributed by atoms with E-state index in [9.17, 15) is 33.9 Å². The minimum absolute atomic E-state index is 0. The standard InChI is InChI=1S/C17H26N2O4.C10H24P2.C9H8O3.C8H17N2O.CH4.Ni/c1-4-7-18-16(21)14(9(2)3)19-15(20)12-10-5-6-11(8-10)13(12)17(22)23;1-5-11(6-2)9-10-12(7-3)8-4;10-8-6-4-1-2-5(3-4)7(6)9(11)12-8;1-4-5-10-8(11)7(9)6(2)3;;/h5-6,9-14H,4,7-8H2,1-3H3,(H,18,21)(H,19,20)(H,22,23);5-10H2,1-4H3;1-2,4-7H,3H2;6-7,9H,4-5H2,1-3H3,(H,10,11);1H4;/q;;;-1;;+2/p+1/t10?,11?,12-,13+,14-;;4?,5?,6-,7+;7-;;/m0..0../s1. The molecule has 4 N–H and O–H groups in total. The monoisotopic (exact) mass is 924 g/mol. The van der Waals surface area contributed by atoms with Crippen LogP contribution in [0.4, 0.5) is 0 Å². The van der Waals surface area contributed by atoms with Crippen LogP contribution < -0.4 is 10.6 Å². The molecule has 1 saturated heterocycles. The van der Waals surface area contributed by atoms with E-state index in [2.05, 4.69) is 48.4 Å². The molecule has 12 nitrogen and oxygen atoms in total. The van der Waals surface area contributed by atoms with Gasteiger partial charge in [0.25, 0.3) is 0 Å². The fourth-order valence-electron chi connectivity index (χ4n) is 8.53. The van der Waals surface area contributed by atoms with Crippen molar-refractivity contribution >= 4 is 51.5 Å². The number of carbonyl (C=O) groups excluding carboxylic acids is 5. The van der Waals surface area contributed by atoms with Crippen molar-refractivity contribution in [2.24, 2.45) is 59.2 Å². The summed E-state index contributed by atoms with van der Waals surface area (Å²) in [6, 6.07) is -1.30. The summed E-state index contributed by atoms with van der Waals surface area (Å²) in [6.45, 7) is 22.0. The van der Waals surface area contributed by atoms with E-state index in [1.54, 1.807) is 12.3 Å². The number of nitrogens with one attached hydrogen (secondary N) is 3. The Hall–Kier alpha value is -2.19. The van der Waals surface area contributed by atoms with Crippen molar-refractivity contribution in [1.82, 2.24) is 10.6 Å². The van der Waals surface area contributed by atoms with Crippen molar-refractivity contribution in [3.63, 3.8) is 0 Å². The number of carbonyl (C=O) groups is 6. The molecule has 0 aromatic rings. The van der Waals surface area contributed by atoms with E-state index in [-0.39, 0.29) is 117 Å². The summed E-state index contributed by atoms with van der Waals surface area (Å²) in [6.07, 6.45) is 20.5. The fourth-order valence-corrected chi connectivity index (χ4v) is 13.8. The van der Waals surface area contributed by atoms with Crippen LogP contribution in [0, 0.1) is 59.2 Å². The number of nitrogens with zero attached hydrogens (tertiary/aromatic N) is 1. The molecule has 1 heterocycles. The summed E-state index contributed by atoms with van der Waals surface area (Å²) >= 11 is 0. The number of hydrogen-bond donors (Lipinski definition) is 3. The summed E-state index contributed by atoms with van der Waals surface area (Å²) in [5.74, 6) is -3.44. The molecule has 4 unspecified atom stereocenters. The predicted molar refractivity (Wildman–Crippen MR) is 246 cm³/mol. The molecule has 0 spiro atoms. The number of fused-ring (bicyclic) bond motifs is 7. The number of aliphatic carboxylic acids is 1. The molecule has 3 amide bonds. The summed E-state index contributed by atoms with van der Waals surface area (Å²) in [7, 11) is 0.175. The Balaban J connectivity index is 0.000000810. The van der Waals surface area contributed by atoms with Crippen molar-refractivity contribution in [2.45, 2.75) is 114 Å². The Morgan fingerprint density at radius 2 is 1.22 bits per heavy atom. The molecule has 5 aliphatic rings. The number of esters is 2. The number of hydrogen-bond acceptors (Lipinski definition) is 7. The van der Waals surface area contributed by atoms with Gasteiger partial charge in [-0.05, 0) is 76.5 Å². The third kappa shape index (κ3) is 16.5. The van der Waals surface area contributed by atoms with Gasteiger partial charge in [-0.15, -0.1) is 6.54 Å². The van der Waals surface area contributed by atoms with Gasteiger partial charge in [0.1, 0.15) is 6.04 Å². The van der Waals surface area contributed by atoms with Gasteiger partial charge in [0.2, 0.25) is 11.8 Å². The molecule has 5 rings (SSSR count). The number of rotatable bonds is 18. The molecule has 0 aromatic heterocycles. The number of allylic oxidation sites excluding steroid dienone is 4. The van der Waals surface area contributed by atoms with E-state index in [0.717, 1.165) is 19.3 Å². The molecular weight excluding hydrogens is 845 g/mol. The molecule has 15 heteroatoms. The van der Waals surface area contributed by atoms with Crippen molar-refractivity contribution in [3.05, 3.63) is 35.4 Å². The van der Waals surface area contributed by atoms with Crippen molar-refractivity contribution in [3.8, 4) is 0 Å². The molecule has 0 aromatic carbocycles. The molecule has 3 fully saturated rings. The Kier molecular flexibility index (Phi) is 28.2. The molecule has 4 aliphatic carbocycles. The van der Waals surface area contributed by atoms with Gasteiger partial charge in [0.05, 0.1) is 60.6 Å². The molecule has 1 aliphatic heterocycles. The van der Waals surface area contributed by atoms with Crippen LogP contribution in [-0.4, -0.2) is 103 Å². The van der Waals surface area contributed by atoms with E-state index in [1.165, 1.54) is 24.6 Å². The molecule has 346 valence electrons. The van der Waals surface area contributed by atoms with Crippen LogP contribution in [0.15, 0.2) is 24.3 Å². The smallest absolute Gasteiger partial charge is 0.670 e. The third-order valence-electron chi connectivity index (χ3n) is 12.3. The van der Waals surface area contributed by atoms with Gasteiger partial charge in [-0.3, -0.25) is 24.0 Å². The second-order valence-corrected chi connectivity index (χ2v) is 23.8. The Morgan fingerprint density at radius 1 is 0.767 bits per heavy atom. The minimum atomic E-state index is -0.932. The van der Waals surface area contributed by atoms with Gasteiger partial charge in [0.15, 0.2) is 0 Å². The largest absolute Gasteiger partial charge is 2.00 e. The van der Waals surface area contributed by atoms with Gasteiger partial charge in [-0.25, -0.2) is 0 Å². The third-order valence-corrected chi connectivity index (χ3v) is 18.7. The molecule has 0 radical (unpaired) electrons. The van der Waals surface area contributed by atoms with E-state index in [0.29, 0.717) is 19.5 Å². The first-order valence-corrected chi connectivity index (χ1v) is 26.3. The second kappa shape index (κ2) is 29.2. The van der Waals surface area contributed by atoms with Crippen LogP contribution in [0.3, 0.4) is 0 Å². The fraction of sp³-hybridized carbons (Fsp3) is 0.778. The zero-order valence-electron chi connectivity index (χ0n) is 37.3. The summed E-state index contributed by atoms with van der Waals surface area (Å²) in [5.41, 5.74) is 7.37. The first-order chi connectivity index (χ1) is 27.5. The summed E-state index contributed by atoms with van der Waals surface area (Å²) in [5, 5.41) is 18.7. The first kappa shape index (κ1) is 57.8. The van der Waals surface area contributed by atoms with E-state index >= 15 is 0 Å². The average Bonchev–Trinajstić information content (AvgIpc) is 4.05. The molecule has 2 saturated carbocycles. The van der Waals surface area contributed by atoms with E-state index in [4.69, 9.17) is 5.73 Å². The maximum absolute atomic E-state index is 12.7. The van der Waals surface area contributed by atoms with Crippen LogP contribution in [-0.2, 0) is 50.0 Å². The Bertz CT molecular complexity index is 1380.